The van der Waals surface area contributed by atoms with Gasteiger partial charge in [-0.25, -0.2) is 4.98 Å². The van der Waals surface area contributed by atoms with E-state index in [2.05, 4.69) is 20.9 Å². The number of aromatic nitrogens is 1. The Morgan fingerprint density at radius 3 is 2.57 bits per heavy atom. The first-order valence-corrected chi connectivity index (χ1v) is 5.57. The van der Waals surface area contributed by atoms with Crippen LogP contribution in [0.5, 0.6) is 0 Å². The molecule has 0 spiro atoms. The molecule has 0 saturated heterocycles. The summed E-state index contributed by atoms with van der Waals surface area (Å²) < 4.78 is 0.686. The second-order valence-corrected chi connectivity index (χ2v) is 5.24. The van der Waals surface area contributed by atoms with Crippen molar-refractivity contribution in [1.82, 2.24) is 4.98 Å². The molecule has 1 heterocycles. The second-order valence-electron chi connectivity index (χ2n) is 3.70. The van der Waals surface area contributed by atoms with Gasteiger partial charge < -0.3 is 5.11 Å². The lowest BCUT2D eigenvalue weighted by Gasteiger charge is -2.18. The molecule has 0 bridgehead atoms. The van der Waals surface area contributed by atoms with Crippen LogP contribution in [0.15, 0.2) is 10.5 Å². The molecule has 0 aliphatic heterocycles. The van der Waals surface area contributed by atoms with Crippen molar-refractivity contribution in [2.45, 2.75) is 25.9 Å². The number of rotatable bonds is 2. The fourth-order valence-corrected chi connectivity index (χ4v) is 1.92. The van der Waals surface area contributed by atoms with Crippen LogP contribution in [0.25, 0.3) is 0 Å². The molecule has 0 amide bonds. The SMILES string of the molecule is CC(C)(O)Cc1cc(Cl)nc(Cl)c1Br. The van der Waals surface area contributed by atoms with Crippen molar-refractivity contribution in [3.8, 4) is 0 Å². The summed E-state index contributed by atoms with van der Waals surface area (Å²) >= 11 is 14.9. The molecule has 0 aliphatic carbocycles. The van der Waals surface area contributed by atoms with Crippen LogP contribution in [-0.4, -0.2) is 15.7 Å². The van der Waals surface area contributed by atoms with Gasteiger partial charge in [-0.15, -0.1) is 0 Å². The van der Waals surface area contributed by atoms with E-state index in [-0.39, 0.29) is 0 Å². The summed E-state index contributed by atoms with van der Waals surface area (Å²) in [6.07, 6.45) is 0.468. The molecule has 2 nitrogen and oxygen atoms in total. The Hall–Kier alpha value is 0.170. The molecule has 0 aliphatic rings. The summed E-state index contributed by atoms with van der Waals surface area (Å²) in [5, 5.41) is 10.3. The van der Waals surface area contributed by atoms with Crippen LogP contribution in [0.1, 0.15) is 19.4 Å². The Kier molecular flexibility index (Phi) is 3.81. The van der Waals surface area contributed by atoms with Crippen molar-refractivity contribution in [3.63, 3.8) is 0 Å². The summed E-state index contributed by atoms with van der Waals surface area (Å²) in [6.45, 7) is 3.45. The minimum Gasteiger partial charge on any atom is -0.390 e. The van der Waals surface area contributed by atoms with Crippen LogP contribution < -0.4 is 0 Å². The Labute approximate surface area is 101 Å². The van der Waals surface area contributed by atoms with E-state index in [1.54, 1.807) is 19.9 Å². The summed E-state index contributed by atoms with van der Waals surface area (Å²) in [5.41, 5.74) is 0.0544. The molecule has 0 fully saturated rings. The highest BCUT2D eigenvalue weighted by atomic mass is 79.9. The molecule has 1 aromatic heterocycles. The first-order valence-electron chi connectivity index (χ1n) is 4.02. The van der Waals surface area contributed by atoms with Gasteiger partial charge in [0.25, 0.3) is 0 Å². The van der Waals surface area contributed by atoms with Crippen molar-refractivity contribution in [2.24, 2.45) is 0 Å². The van der Waals surface area contributed by atoms with Gasteiger partial charge in [0.2, 0.25) is 0 Å². The fraction of sp³-hybridized carbons (Fsp3) is 0.444. The zero-order valence-electron chi connectivity index (χ0n) is 7.81. The van der Waals surface area contributed by atoms with Crippen LogP contribution in [-0.2, 0) is 6.42 Å². The monoisotopic (exact) mass is 297 g/mol. The first kappa shape index (κ1) is 12.2. The van der Waals surface area contributed by atoms with E-state index in [1.165, 1.54) is 0 Å². The van der Waals surface area contributed by atoms with E-state index < -0.39 is 5.60 Å². The predicted octanol–water partition coefficient (Wildman–Crippen LogP) is 3.46. The third-order valence-electron chi connectivity index (χ3n) is 1.58. The number of halogens is 3. The van der Waals surface area contributed by atoms with Crippen molar-refractivity contribution >= 4 is 39.1 Å². The van der Waals surface area contributed by atoms with E-state index in [4.69, 9.17) is 23.2 Å². The molecule has 0 saturated carbocycles. The maximum atomic E-state index is 9.65. The maximum absolute atomic E-state index is 9.65. The molecule has 1 rings (SSSR count). The molecule has 5 heteroatoms. The highest BCUT2D eigenvalue weighted by molar-refractivity contribution is 9.10. The number of hydrogen-bond acceptors (Lipinski definition) is 2. The van der Waals surface area contributed by atoms with Crippen molar-refractivity contribution in [3.05, 3.63) is 26.4 Å². The van der Waals surface area contributed by atoms with Gasteiger partial charge in [0.05, 0.1) is 10.1 Å². The summed E-state index contributed by atoms with van der Waals surface area (Å²) in [6, 6.07) is 1.69. The van der Waals surface area contributed by atoms with Gasteiger partial charge in [0, 0.05) is 6.42 Å². The third-order valence-corrected chi connectivity index (χ3v) is 3.16. The van der Waals surface area contributed by atoms with E-state index in [1.807, 2.05) is 0 Å². The molecular weight excluding hydrogens is 289 g/mol. The quantitative estimate of drug-likeness (QED) is 0.848. The van der Waals surface area contributed by atoms with Crippen LogP contribution in [0.3, 0.4) is 0 Å². The minimum atomic E-state index is -0.795. The molecule has 0 aromatic carbocycles. The lowest BCUT2D eigenvalue weighted by molar-refractivity contribution is 0.0808. The highest BCUT2D eigenvalue weighted by Gasteiger charge is 2.17. The molecule has 14 heavy (non-hydrogen) atoms. The van der Waals surface area contributed by atoms with Gasteiger partial charge in [-0.2, -0.15) is 0 Å². The number of aliphatic hydroxyl groups is 1. The normalized spacial score (nSPS) is 11.9. The standard InChI is InChI=1S/C9H10BrCl2NO/c1-9(2,14)4-5-3-6(11)13-8(12)7(5)10/h3,14H,4H2,1-2H3. The van der Waals surface area contributed by atoms with Crippen LogP contribution in [0.4, 0.5) is 0 Å². The molecule has 1 aromatic rings. The molecule has 1 N–H and O–H groups in total. The average molecular weight is 299 g/mol. The van der Waals surface area contributed by atoms with Crippen LogP contribution in [0.2, 0.25) is 10.3 Å². The second kappa shape index (κ2) is 4.35. The molecular formula is C9H10BrCl2NO. The zero-order valence-corrected chi connectivity index (χ0v) is 10.9. The minimum absolute atomic E-state index is 0.316. The lowest BCUT2D eigenvalue weighted by Crippen LogP contribution is -2.22. The molecule has 0 atom stereocenters. The number of nitrogens with zero attached hydrogens (tertiary/aromatic N) is 1. The molecule has 0 unspecified atom stereocenters. The fourth-order valence-electron chi connectivity index (χ4n) is 1.11. The van der Waals surface area contributed by atoms with E-state index >= 15 is 0 Å². The van der Waals surface area contributed by atoms with Crippen molar-refractivity contribution in [1.29, 1.82) is 0 Å². The van der Waals surface area contributed by atoms with Crippen molar-refractivity contribution < 1.29 is 5.11 Å². The Bertz CT molecular complexity index is 349. The van der Waals surface area contributed by atoms with Gasteiger partial charge in [-0.05, 0) is 41.4 Å². The predicted molar refractivity (Wildman–Crippen MR) is 62.0 cm³/mol. The summed E-state index contributed by atoms with van der Waals surface area (Å²) in [4.78, 5) is 3.87. The van der Waals surface area contributed by atoms with Gasteiger partial charge in [0.15, 0.2) is 0 Å². The van der Waals surface area contributed by atoms with Crippen LogP contribution in [0, 0.1) is 0 Å². The smallest absolute Gasteiger partial charge is 0.145 e. The summed E-state index contributed by atoms with van der Waals surface area (Å²) in [5.74, 6) is 0. The van der Waals surface area contributed by atoms with Crippen molar-refractivity contribution in [2.75, 3.05) is 0 Å². The number of pyridine rings is 1. The van der Waals surface area contributed by atoms with Gasteiger partial charge >= 0.3 is 0 Å². The Morgan fingerprint density at radius 1 is 1.50 bits per heavy atom. The number of hydrogen-bond donors (Lipinski definition) is 1. The van der Waals surface area contributed by atoms with Crippen LogP contribution >= 0.6 is 39.1 Å². The molecule has 78 valence electrons. The average Bonchev–Trinajstić information content (AvgIpc) is 1.96. The largest absolute Gasteiger partial charge is 0.390 e. The Morgan fingerprint density at radius 2 is 2.07 bits per heavy atom. The maximum Gasteiger partial charge on any atom is 0.145 e. The van der Waals surface area contributed by atoms with Gasteiger partial charge in [0.1, 0.15) is 10.3 Å². The third kappa shape index (κ3) is 3.39. The molecule has 0 radical (unpaired) electrons. The van der Waals surface area contributed by atoms with E-state index in [0.717, 1.165) is 5.56 Å². The van der Waals surface area contributed by atoms with E-state index in [0.29, 0.717) is 21.2 Å². The summed E-state index contributed by atoms with van der Waals surface area (Å²) in [7, 11) is 0. The Balaban J connectivity index is 3.09. The van der Waals surface area contributed by atoms with Gasteiger partial charge in [-0.3, -0.25) is 0 Å². The highest BCUT2D eigenvalue weighted by Crippen LogP contribution is 2.29. The van der Waals surface area contributed by atoms with E-state index in [9.17, 15) is 5.11 Å². The first-order chi connectivity index (χ1) is 6.29. The van der Waals surface area contributed by atoms with Gasteiger partial charge in [-0.1, -0.05) is 23.2 Å². The zero-order chi connectivity index (χ0) is 10.9. The topological polar surface area (TPSA) is 33.1 Å². The lowest BCUT2D eigenvalue weighted by atomic mass is 10.00.